The third kappa shape index (κ3) is 2.01. The van der Waals surface area contributed by atoms with Crippen molar-refractivity contribution >= 4 is 11.3 Å². The van der Waals surface area contributed by atoms with Gasteiger partial charge in [-0.15, -0.1) is 0 Å². The summed E-state index contributed by atoms with van der Waals surface area (Å²) in [4.78, 5) is 4.21. The predicted molar refractivity (Wildman–Crippen MR) is 59.3 cm³/mol. The Bertz CT molecular complexity index is 475. The van der Waals surface area contributed by atoms with Gasteiger partial charge in [-0.3, -0.25) is 0 Å². The van der Waals surface area contributed by atoms with E-state index in [4.69, 9.17) is 0 Å². The van der Waals surface area contributed by atoms with Crippen LogP contribution in [0, 0.1) is 18.8 Å². The number of pyridine rings is 1. The summed E-state index contributed by atoms with van der Waals surface area (Å²) < 4.78 is 0. The van der Waals surface area contributed by atoms with Crippen molar-refractivity contribution in [2.24, 2.45) is 0 Å². The summed E-state index contributed by atoms with van der Waals surface area (Å²) >= 11 is 1.66. The second-order valence-electron chi connectivity index (χ2n) is 2.93. The maximum Gasteiger partial charge on any atom is 0.116 e. The Balaban J connectivity index is 2.31. The zero-order valence-corrected chi connectivity index (χ0v) is 8.64. The second kappa shape index (κ2) is 4.08. The normalized spacial score (nSPS) is 9.21. The average Bonchev–Trinajstić information content (AvgIpc) is 2.69. The highest BCUT2D eigenvalue weighted by Crippen LogP contribution is 2.05. The minimum Gasteiger partial charge on any atom is -0.248 e. The standard InChI is InChI=1S/C12H9NS/c1-10-3-2-7-13-12(10)5-4-11-6-8-14-9-11/h2-3,6-9H,1H3. The third-order valence-electron chi connectivity index (χ3n) is 1.86. The van der Waals surface area contributed by atoms with Gasteiger partial charge in [-0.1, -0.05) is 12.0 Å². The summed E-state index contributed by atoms with van der Waals surface area (Å²) in [6.45, 7) is 2.02. The smallest absolute Gasteiger partial charge is 0.116 e. The van der Waals surface area contributed by atoms with Gasteiger partial charge in [0.05, 0.1) is 0 Å². The third-order valence-corrected chi connectivity index (χ3v) is 2.54. The number of aromatic nitrogens is 1. The molecule has 14 heavy (non-hydrogen) atoms. The van der Waals surface area contributed by atoms with Gasteiger partial charge in [-0.2, -0.15) is 11.3 Å². The van der Waals surface area contributed by atoms with Crippen LogP contribution in [0.4, 0.5) is 0 Å². The average molecular weight is 199 g/mol. The zero-order valence-electron chi connectivity index (χ0n) is 7.82. The van der Waals surface area contributed by atoms with E-state index in [2.05, 4.69) is 16.8 Å². The molecule has 0 aliphatic heterocycles. The number of thiophene rings is 1. The molecule has 0 aliphatic rings. The summed E-state index contributed by atoms with van der Waals surface area (Å²) in [5.74, 6) is 6.14. The predicted octanol–water partition coefficient (Wildman–Crippen LogP) is 2.85. The molecule has 2 aromatic heterocycles. The van der Waals surface area contributed by atoms with E-state index in [0.29, 0.717) is 0 Å². The molecule has 0 fully saturated rings. The molecule has 0 spiro atoms. The molecule has 1 nitrogen and oxygen atoms in total. The number of hydrogen-bond donors (Lipinski definition) is 0. The molecule has 0 radical (unpaired) electrons. The summed E-state index contributed by atoms with van der Waals surface area (Å²) in [6.07, 6.45) is 1.77. The minimum atomic E-state index is 0.860. The van der Waals surface area contributed by atoms with Gasteiger partial charge >= 0.3 is 0 Å². The fourth-order valence-corrected chi connectivity index (χ4v) is 1.67. The van der Waals surface area contributed by atoms with Crippen molar-refractivity contribution in [3.8, 4) is 11.8 Å². The van der Waals surface area contributed by atoms with E-state index < -0.39 is 0 Å². The van der Waals surface area contributed by atoms with Crippen LogP contribution in [0.5, 0.6) is 0 Å². The van der Waals surface area contributed by atoms with Crippen LogP contribution in [-0.2, 0) is 0 Å². The highest BCUT2D eigenvalue weighted by atomic mass is 32.1. The van der Waals surface area contributed by atoms with Crippen LogP contribution in [0.2, 0.25) is 0 Å². The lowest BCUT2D eigenvalue weighted by molar-refractivity contribution is 1.23. The lowest BCUT2D eigenvalue weighted by Crippen LogP contribution is -1.85. The van der Waals surface area contributed by atoms with Crippen LogP contribution in [-0.4, -0.2) is 4.98 Å². The van der Waals surface area contributed by atoms with E-state index in [0.717, 1.165) is 16.8 Å². The van der Waals surface area contributed by atoms with Crippen LogP contribution in [0.1, 0.15) is 16.8 Å². The summed E-state index contributed by atoms with van der Waals surface area (Å²) in [6, 6.07) is 5.95. The molecule has 2 aromatic rings. The molecule has 0 atom stereocenters. The quantitative estimate of drug-likeness (QED) is 0.594. The largest absolute Gasteiger partial charge is 0.248 e. The Hall–Kier alpha value is -1.59. The van der Waals surface area contributed by atoms with Gasteiger partial charge in [0.15, 0.2) is 0 Å². The molecule has 0 saturated carbocycles. The molecule has 0 N–H and O–H groups in total. The summed E-state index contributed by atoms with van der Waals surface area (Å²) in [5.41, 5.74) is 3.04. The van der Waals surface area contributed by atoms with Crippen LogP contribution >= 0.6 is 11.3 Å². The van der Waals surface area contributed by atoms with Crippen LogP contribution in [0.3, 0.4) is 0 Å². The molecule has 0 aromatic carbocycles. The van der Waals surface area contributed by atoms with Crippen molar-refractivity contribution in [1.82, 2.24) is 4.98 Å². The van der Waals surface area contributed by atoms with Crippen molar-refractivity contribution in [3.63, 3.8) is 0 Å². The van der Waals surface area contributed by atoms with Gasteiger partial charge < -0.3 is 0 Å². The first kappa shape index (κ1) is 8.98. The second-order valence-corrected chi connectivity index (χ2v) is 3.71. The zero-order chi connectivity index (χ0) is 9.80. The highest BCUT2D eigenvalue weighted by molar-refractivity contribution is 7.08. The molecular weight excluding hydrogens is 190 g/mol. The minimum absolute atomic E-state index is 0.860. The van der Waals surface area contributed by atoms with E-state index in [9.17, 15) is 0 Å². The van der Waals surface area contributed by atoms with Gasteiger partial charge in [-0.05, 0) is 35.9 Å². The summed E-state index contributed by atoms with van der Waals surface area (Å²) in [5, 5.41) is 4.06. The highest BCUT2D eigenvalue weighted by Gasteiger charge is 1.92. The molecule has 0 unspecified atom stereocenters. The SMILES string of the molecule is Cc1cccnc1C#Cc1ccsc1. The number of rotatable bonds is 0. The fourth-order valence-electron chi connectivity index (χ4n) is 1.08. The van der Waals surface area contributed by atoms with Crippen LogP contribution < -0.4 is 0 Å². The van der Waals surface area contributed by atoms with Crippen LogP contribution in [0.25, 0.3) is 0 Å². The Morgan fingerprint density at radius 2 is 2.21 bits per heavy atom. The van der Waals surface area contributed by atoms with Crippen molar-refractivity contribution in [2.75, 3.05) is 0 Å². The van der Waals surface area contributed by atoms with Gasteiger partial charge in [0.2, 0.25) is 0 Å². The van der Waals surface area contributed by atoms with E-state index in [-0.39, 0.29) is 0 Å². The first-order valence-electron chi connectivity index (χ1n) is 4.32. The first-order valence-corrected chi connectivity index (χ1v) is 5.26. The topological polar surface area (TPSA) is 12.9 Å². The first-order chi connectivity index (χ1) is 6.86. The Kier molecular flexibility index (Phi) is 2.62. The van der Waals surface area contributed by atoms with E-state index in [1.807, 2.05) is 35.9 Å². The number of aryl methyl sites for hydroxylation is 1. The Labute approximate surface area is 87.4 Å². The number of hydrogen-bond acceptors (Lipinski definition) is 2. The van der Waals surface area contributed by atoms with Crippen molar-refractivity contribution in [1.29, 1.82) is 0 Å². The molecule has 0 saturated heterocycles. The molecule has 68 valence electrons. The Morgan fingerprint density at radius 3 is 2.93 bits per heavy atom. The molecule has 0 amide bonds. The van der Waals surface area contributed by atoms with Crippen molar-refractivity contribution < 1.29 is 0 Å². The molecule has 0 bridgehead atoms. The van der Waals surface area contributed by atoms with E-state index in [1.165, 1.54) is 0 Å². The van der Waals surface area contributed by atoms with E-state index in [1.54, 1.807) is 17.5 Å². The molecule has 2 rings (SSSR count). The lowest BCUT2D eigenvalue weighted by Gasteiger charge is -1.92. The van der Waals surface area contributed by atoms with Crippen molar-refractivity contribution in [2.45, 2.75) is 6.92 Å². The van der Waals surface area contributed by atoms with Gasteiger partial charge in [0.25, 0.3) is 0 Å². The van der Waals surface area contributed by atoms with Gasteiger partial charge in [-0.25, -0.2) is 4.98 Å². The van der Waals surface area contributed by atoms with Gasteiger partial charge in [0.1, 0.15) is 5.69 Å². The molecule has 0 aliphatic carbocycles. The molecule has 2 heterocycles. The molecule has 2 heteroatoms. The lowest BCUT2D eigenvalue weighted by atomic mass is 10.2. The van der Waals surface area contributed by atoms with Gasteiger partial charge in [0, 0.05) is 17.1 Å². The monoisotopic (exact) mass is 199 g/mol. The Morgan fingerprint density at radius 1 is 1.29 bits per heavy atom. The molecular formula is C12H9NS. The van der Waals surface area contributed by atoms with Crippen LogP contribution in [0.15, 0.2) is 35.2 Å². The van der Waals surface area contributed by atoms with E-state index >= 15 is 0 Å². The maximum absolute atomic E-state index is 4.21. The maximum atomic E-state index is 4.21. The summed E-state index contributed by atoms with van der Waals surface area (Å²) in [7, 11) is 0. The fraction of sp³-hybridized carbons (Fsp3) is 0.0833. The number of nitrogens with zero attached hydrogens (tertiary/aromatic N) is 1. The van der Waals surface area contributed by atoms with Crippen molar-refractivity contribution in [3.05, 3.63) is 52.0 Å².